The summed E-state index contributed by atoms with van der Waals surface area (Å²) < 4.78 is 22.5. The standard InChI is InChI=1S/C11H15NO3S/c13-11-8-16(14,15)7-10(11)12-6-9-4-2-1-3-5-9/h1-5,10-13H,6-8H2. The van der Waals surface area contributed by atoms with Crippen molar-refractivity contribution >= 4 is 9.84 Å². The molecule has 2 unspecified atom stereocenters. The van der Waals surface area contributed by atoms with Crippen molar-refractivity contribution in [1.82, 2.24) is 5.32 Å². The third-order valence-electron chi connectivity index (χ3n) is 2.73. The van der Waals surface area contributed by atoms with Crippen LogP contribution in [0.3, 0.4) is 0 Å². The first-order valence-electron chi connectivity index (χ1n) is 5.23. The van der Waals surface area contributed by atoms with Crippen LogP contribution in [0.1, 0.15) is 5.56 Å². The zero-order valence-electron chi connectivity index (χ0n) is 8.83. The van der Waals surface area contributed by atoms with E-state index in [1.54, 1.807) is 0 Å². The van der Waals surface area contributed by atoms with Crippen LogP contribution in [-0.2, 0) is 16.4 Å². The van der Waals surface area contributed by atoms with E-state index in [1.807, 2.05) is 30.3 Å². The summed E-state index contributed by atoms with van der Waals surface area (Å²) in [6.45, 7) is 0.581. The van der Waals surface area contributed by atoms with Gasteiger partial charge in [0.05, 0.1) is 17.6 Å². The van der Waals surface area contributed by atoms with Gasteiger partial charge in [0.15, 0.2) is 9.84 Å². The zero-order valence-corrected chi connectivity index (χ0v) is 9.65. The number of hydrogen-bond acceptors (Lipinski definition) is 4. The van der Waals surface area contributed by atoms with Crippen molar-refractivity contribution in [2.24, 2.45) is 0 Å². The van der Waals surface area contributed by atoms with Gasteiger partial charge in [-0.2, -0.15) is 0 Å². The number of aliphatic hydroxyl groups excluding tert-OH is 1. The summed E-state index contributed by atoms with van der Waals surface area (Å²) in [4.78, 5) is 0. The number of benzene rings is 1. The van der Waals surface area contributed by atoms with Gasteiger partial charge in [0.1, 0.15) is 0 Å². The highest BCUT2D eigenvalue weighted by Crippen LogP contribution is 2.13. The molecule has 0 saturated carbocycles. The molecule has 88 valence electrons. The van der Waals surface area contributed by atoms with Gasteiger partial charge in [-0.3, -0.25) is 0 Å². The van der Waals surface area contributed by atoms with Crippen LogP contribution in [0.4, 0.5) is 0 Å². The Balaban J connectivity index is 1.92. The normalized spacial score (nSPS) is 28.1. The monoisotopic (exact) mass is 241 g/mol. The highest BCUT2D eigenvalue weighted by atomic mass is 32.2. The van der Waals surface area contributed by atoms with Crippen molar-refractivity contribution in [3.05, 3.63) is 35.9 Å². The van der Waals surface area contributed by atoms with Gasteiger partial charge < -0.3 is 10.4 Å². The van der Waals surface area contributed by atoms with Gasteiger partial charge in [0.2, 0.25) is 0 Å². The maximum Gasteiger partial charge on any atom is 0.154 e. The van der Waals surface area contributed by atoms with Crippen LogP contribution in [0.2, 0.25) is 0 Å². The molecule has 0 amide bonds. The largest absolute Gasteiger partial charge is 0.390 e. The van der Waals surface area contributed by atoms with Crippen LogP contribution < -0.4 is 5.32 Å². The van der Waals surface area contributed by atoms with Gasteiger partial charge in [0, 0.05) is 12.6 Å². The average molecular weight is 241 g/mol. The third kappa shape index (κ3) is 2.81. The van der Waals surface area contributed by atoms with Crippen LogP contribution >= 0.6 is 0 Å². The predicted octanol–water partition coefficient (Wildman–Crippen LogP) is -0.0659. The molecule has 4 nitrogen and oxygen atoms in total. The molecule has 1 aliphatic heterocycles. The van der Waals surface area contributed by atoms with E-state index >= 15 is 0 Å². The third-order valence-corrected chi connectivity index (χ3v) is 4.45. The highest BCUT2D eigenvalue weighted by Gasteiger charge is 2.35. The highest BCUT2D eigenvalue weighted by molar-refractivity contribution is 7.91. The molecular formula is C11H15NO3S. The Bertz CT molecular complexity index is 444. The molecule has 1 aromatic rings. The summed E-state index contributed by atoms with van der Waals surface area (Å²) >= 11 is 0. The van der Waals surface area contributed by atoms with Crippen molar-refractivity contribution in [3.8, 4) is 0 Å². The van der Waals surface area contributed by atoms with Crippen molar-refractivity contribution in [3.63, 3.8) is 0 Å². The Hall–Kier alpha value is -0.910. The maximum atomic E-state index is 11.3. The summed E-state index contributed by atoms with van der Waals surface area (Å²) in [6.07, 6.45) is -0.784. The fourth-order valence-corrected chi connectivity index (χ4v) is 3.64. The van der Waals surface area contributed by atoms with E-state index in [4.69, 9.17) is 0 Å². The lowest BCUT2D eigenvalue weighted by Gasteiger charge is -2.14. The first kappa shape index (κ1) is 11.6. The van der Waals surface area contributed by atoms with Crippen molar-refractivity contribution in [1.29, 1.82) is 0 Å². The minimum Gasteiger partial charge on any atom is -0.390 e. The molecule has 1 heterocycles. The second kappa shape index (κ2) is 4.53. The van der Waals surface area contributed by atoms with E-state index in [0.717, 1.165) is 5.56 Å². The van der Waals surface area contributed by atoms with Crippen LogP contribution in [0.15, 0.2) is 30.3 Å². The molecule has 0 bridgehead atoms. The first-order valence-corrected chi connectivity index (χ1v) is 7.05. The minimum atomic E-state index is -3.06. The van der Waals surface area contributed by atoms with Gasteiger partial charge in [-0.15, -0.1) is 0 Å². The minimum absolute atomic E-state index is 0.0288. The molecule has 5 heteroatoms. The second-order valence-electron chi connectivity index (χ2n) is 4.12. The van der Waals surface area contributed by atoms with Crippen molar-refractivity contribution in [2.45, 2.75) is 18.7 Å². The number of aliphatic hydroxyl groups is 1. The predicted molar refractivity (Wildman–Crippen MR) is 61.7 cm³/mol. The van der Waals surface area contributed by atoms with Crippen molar-refractivity contribution < 1.29 is 13.5 Å². The van der Waals surface area contributed by atoms with Gasteiger partial charge >= 0.3 is 0 Å². The van der Waals surface area contributed by atoms with E-state index < -0.39 is 15.9 Å². The fraction of sp³-hybridized carbons (Fsp3) is 0.455. The Morgan fingerprint density at radius 3 is 2.50 bits per heavy atom. The summed E-state index contributed by atoms with van der Waals surface area (Å²) in [5.74, 6) is -0.0968. The Morgan fingerprint density at radius 1 is 1.25 bits per heavy atom. The average Bonchev–Trinajstić information content (AvgIpc) is 2.50. The summed E-state index contributed by atoms with van der Waals surface area (Å²) in [7, 11) is -3.06. The topological polar surface area (TPSA) is 66.4 Å². The lowest BCUT2D eigenvalue weighted by Crippen LogP contribution is -2.38. The molecule has 2 atom stereocenters. The number of hydrogen-bond donors (Lipinski definition) is 2. The SMILES string of the molecule is O=S1(=O)CC(O)C(NCc2ccccc2)C1. The Labute approximate surface area is 95.2 Å². The van der Waals surface area contributed by atoms with E-state index in [2.05, 4.69) is 5.32 Å². The molecule has 2 N–H and O–H groups in total. The van der Waals surface area contributed by atoms with E-state index in [0.29, 0.717) is 6.54 Å². The van der Waals surface area contributed by atoms with E-state index in [-0.39, 0.29) is 17.5 Å². The molecule has 0 radical (unpaired) electrons. The molecule has 1 aromatic carbocycles. The van der Waals surface area contributed by atoms with Crippen molar-refractivity contribution in [2.75, 3.05) is 11.5 Å². The lowest BCUT2D eigenvalue weighted by molar-refractivity contribution is 0.165. The van der Waals surface area contributed by atoms with Gasteiger partial charge in [-0.05, 0) is 5.56 Å². The molecule has 0 aliphatic carbocycles. The Morgan fingerprint density at radius 2 is 1.94 bits per heavy atom. The molecule has 16 heavy (non-hydrogen) atoms. The lowest BCUT2D eigenvalue weighted by atomic mass is 10.2. The molecule has 0 spiro atoms. The summed E-state index contributed by atoms with van der Waals surface area (Å²) in [5.41, 5.74) is 1.08. The number of rotatable bonds is 3. The maximum absolute atomic E-state index is 11.3. The van der Waals surface area contributed by atoms with E-state index in [1.165, 1.54) is 0 Å². The van der Waals surface area contributed by atoms with Gasteiger partial charge in [0.25, 0.3) is 0 Å². The summed E-state index contributed by atoms with van der Waals surface area (Å²) in [5, 5.41) is 12.6. The van der Waals surface area contributed by atoms with Gasteiger partial charge in [-0.1, -0.05) is 30.3 Å². The smallest absolute Gasteiger partial charge is 0.154 e. The first-order chi connectivity index (χ1) is 7.57. The van der Waals surface area contributed by atoms with Crippen LogP contribution in [0.5, 0.6) is 0 Å². The van der Waals surface area contributed by atoms with Crippen LogP contribution in [0.25, 0.3) is 0 Å². The molecule has 1 saturated heterocycles. The zero-order chi connectivity index (χ0) is 11.6. The summed E-state index contributed by atoms with van der Waals surface area (Å²) in [6, 6.07) is 9.37. The number of nitrogens with one attached hydrogen (secondary N) is 1. The molecule has 1 aliphatic rings. The van der Waals surface area contributed by atoms with Gasteiger partial charge in [-0.25, -0.2) is 8.42 Å². The molecule has 1 fully saturated rings. The number of sulfone groups is 1. The second-order valence-corrected chi connectivity index (χ2v) is 6.27. The van der Waals surface area contributed by atoms with E-state index in [9.17, 15) is 13.5 Å². The van der Waals surface area contributed by atoms with Crippen LogP contribution in [-0.4, -0.2) is 37.2 Å². The fourth-order valence-electron chi connectivity index (χ4n) is 1.87. The Kier molecular flexibility index (Phi) is 3.28. The van der Waals surface area contributed by atoms with Crippen LogP contribution in [0, 0.1) is 0 Å². The quantitative estimate of drug-likeness (QED) is 0.777. The molecule has 0 aromatic heterocycles. The molecular weight excluding hydrogens is 226 g/mol. The molecule has 2 rings (SSSR count).